The highest BCUT2D eigenvalue weighted by Gasteiger charge is 2.40. The van der Waals surface area contributed by atoms with Crippen LogP contribution in [0, 0.1) is 0 Å². The van der Waals surface area contributed by atoms with E-state index in [-0.39, 0.29) is 30.0 Å². The fraction of sp³-hybridized carbons (Fsp3) is 0.438. The number of carbonyl (C=O) groups excluding carboxylic acids is 2. The number of carbonyl (C=O) groups is 3. The highest BCUT2D eigenvalue weighted by atomic mass is 16.4. The lowest BCUT2D eigenvalue weighted by Gasteiger charge is -2.42. The van der Waals surface area contributed by atoms with Gasteiger partial charge in [-0.1, -0.05) is 12.1 Å². The second-order valence-electron chi connectivity index (χ2n) is 5.80. The van der Waals surface area contributed by atoms with Crippen LogP contribution in [0.15, 0.2) is 24.3 Å². The molecule has 0 spiro atoms. The normalized spacial score (nSPS) is 21.7. The van der Waals surface area contributed by atoms with Crippen LogP contribution in [0.2, 0.25) is 0 Å². The zero-order valence-electron chi connectivity index (χ0n) is 12.2. The number of nitrogens with zero attached hydrogens (tertiary/aromatic N) is 2. The molecule has 116 valence electrons. The van der Waals surface area contributed by atoms with Crippen LogP contribution in [0.3, 0.4) is 0 Å². The summed E-state index contributed by atoms with van der Waals surface area (Å²) in [6.07, 6.45) is 2.67. The number of hydrogen-bond donors (Lipinski definition) is 1. The third-order valence-electron chi connectivity index (χ3n) is 4.32. The highest BCUT2D eigenvalue weighted by Crippen LogP contribution is 2.24. The fourth-order valence-electron chi connectivity index (χ4n) is 3.14. The number of benzene rings is 1. The first kappa shape index (κ1) is 14.6. The van der Waals surface area contributed by atoms with Gasteiger partial charge in [0.05, 0.1) is 5.56 Å². The lowest BCUT2D eigenvalue weighted by Crippen LogP contribution is -2.60. The number of carboxylic acid groups (broad SMARTS) is 1. The van der Waals surface area contributed by atoms with E-state index < -0.39 is 5.97 Å². The molecule has 6 heteroatoms. The second kappa shape index (κ2) is 5.79. The number of aromatic carboxylic acids is 1. The molecular weight excluding hydrogens is 284 g/mol. The van der Waals surface area contributed by atoms with Crippen LogP contribution in [-0.4, -0.2) is 51.8 Å². The molecule has 22 heavy (non-hydrogen) atoms. The van der Waals surface area contributed by atoms with Crippen molar-refractivity contribution in [2.45, 2.75) is 31.8 Å². The molecule has 2 amide bonds. The molecule has 2 aliphatic heterocycles. The number of carboxylic acids is 1. The Bertz CT molecular complexity index is 611. The topological polar surface area (TPSA) is 77.9 Å². The molecule has 2 aliphatic rings. The first-order valence-electron chi connectivity index (χ1n) is 7.47. The van der Waals surface area contributed by atoms with E-state index in [2.05, 4.69) is 0 Å². The maximum absolute atomic E-state index is 12.5. The van der Waals surface area contributed by atoms with Gasteiger partial charge in [0.2, 0.25) is 11.8 Å². The number of amides is 2. The van der Waals surface area contributed by atoms with Crippen LogP contribution in [0.4, 0.5) is 0 Å². The van der Waals surface area contributed by atoms with Gasteiger partial charge < -0.3 is 14.9 Å². The van der Waals surface area contributed by atoms with E-state index in [0.29, 0.717) is 13.1 Å². The minimum Gasteiger partial charge on any atom is -0.478 e. The maximum atomic E-state index is 12.5. The molecule has 2 heterocycles. The Kier molecular flexibility index (Phi) is 3.83. The summed E-state index contributed by atoms with van der Waals surface area (Å²) in [5.41, 5.74) is 1.04. The summed E-state index contributed by atoms with van der Waals surface area (Å²) in [7, 11) is 0. The minimum atomic E-state index is -0.978. The molecule has 1 aromatic rings. The van der Waals surface area contributed by atoms with Gasteiger partial charge in [-0.3, -0.25) is 9.59 Å². The summed E-state index contributed by atoms with van der Waals surface area (Å²) >= 11 is 0. The Morgan fingerprint density at radius 3 is 2.59 bits per heavy atom. The molecule has 0 saturated carbocycles. The van der Waals surface area contributed by atoms with Crippen molar-refractivity contribution >= 4 is 17.8 Å². The Morgan fingerprint density at radius 2 is 1.91 bits per heavy atom. The van der Waals surface area contributed by atoms with E-state index in [0.717, 1.165) is 24.8 Å². The Labute approximate surface area is 128 Å². The van der Waals surface area contributed by atoms with Crippen LogP contribution in [0.5, 0.6) is 0 Å². The molecule has 1 N–H and O–H groups in total. The molecule has 2 saturated heterocycles. The summed E-state index contributed by atoms with van der Waals surface area (Å²) in [5, 5.41) is 8.89. The predicted molar refractivity (Wildman–Crippen MR) is 78.2 cm³/mol. The first-order chi connectivity index (χ1) is 10.6. The van der Waals surface area contributed by atoms with Crippen LogP contribution in [0.25, 0.3) is 0 Å². The zero-order valence-corrected chi connectivity index (χ0v) is 12.2. The van der Waals surface area contributed by atoms with E-state index in [1.54, 1.807) is 21.9 Å². The average Bonchev–Trinajstić information content (AvgIpc) is 2.53. The highest BCUT2D eigenvalue weighted by molar-refractivity contribution is 5.95. The number of fused-ring (bicyclic) bond motifs is 1. The molecular formula is C16H18N2O4. The van der Waals surface area contributed by atoms with Gasteiger partial charge in [0, 0.05) is 13.1 Å². The van der Waals surface area contributed by atoms with Crippen LogP contribution >= 0.6 is 0 Å². The molecule has 0 aliphatic carbocycles. The minimum absolute atomic E-state index is 0.00149. The van der Waals surface area contributed by atoms with Crippen molar-refractivity contribution in [2.24, 2.45) is 0 Å². The summed E-state index contributed by atoms with van der Waals surface area (Å²) < 4.78 is 0. The van der Waals surface area contributed by atoms with Crippen LogP contribution in [-0.2, 0) is 16.1 Å². The van der Waals surface area contributed by atoms with Gasteiger partial charge in [0.25, 0.3) is 0 Å². The van der Waals surface area contributed by atoms with Crippen LogP contribution < -0.4 is 0 Å². The van der Waals surface area contributed by atoms with Gasteiger partial charge in [-0.2, -0.15) is 0 Å². The first-order valence-corrected chi connectivity index (χ1v) is 7.47. The van der Waals surface area contributed by atoms with Crippen molar-refractivity contribution in [2.75, 3.05) is 13.1 Å². The summed E-state index contributed by atoms with van der Waals surface area (Å²) in [6, 6.07) is 6.10. The molecule has 1 unspecified atom stereocenters. The maximum Gasteiger partial charge on any atom is 0.335 e. The van der Waals surface area contributed by atoms with Gasteiger partial charge >= 0.3 is 5.97 Å². The molecule has 1 aromatic carbocycles. The molecule has 6 nitrogen and oxygen atoms in total. The van der Waals surface area contributed by atoms with E-state index in [1.807, 2.05) is 0 Å². The Balaban J connectivity index is 1.73. The van der Waals surface area contributed by atoms with Crippen molar-refractivity contribution in [3.63, 3.8) is 0 Å². The smallest absolute Gasteiger partial charge is 0.335 e. The molecule has 0 bridgehead atoms. The molecule has 1 atom stereocenters. The molecule has 0 radical (unpaired) electrons. The third kappa shape index (κ3) is 2.68. The second-order valence-corrected chi connectivity index (χ2v) is 5.80. The fourth-order valence-corrected chi connectivity index (χ4v) is 3.14. The van der Waals surface area contributed by atoms with Crippen molar-refractivity contribution in [1.82, 2.24) is 9.80 Å². The summed E-state index contributed by atoms with van der Waals surface area (Å²) in [4.78, 5) is 38.8. The Morgan fingerprint density at radius 1 is 1.18 bits per heavy atom. The van der Waals surface area contributed by atoms with E-state index in [1.165, 1.54) is 12.1 Å². The number of piperazine rings is 1. The standard InChI is InChI=1S/C16H18N2O4/c19-14-10-17(15(20)13-3-1-2-8-18(13)14)9-11-4-6-12(7-5-11)16(21)22/h4-7,13H,1-3,8-10H2,(H,21,22). The lowest BCUT2D eigenvalue weighted by molar-refractivity contribution is -0.158. The van der Waals surface area contributed by atoms with Crippen molar-refractivity contribution in [3.05, 3.63) is 35.4 Å². The molecule has 0 aromatic heterocycles. The van der Waals surface area contributed by atoms with Gasteiger partial charge in [-0.15, -0.1) is 0 Å². The van der Waals surface area contributed by atoms with Gasteiger partial charge in [-0.25, -0.2) is 4.79 Å². The third-order valence-corrected chi connectivity index (χ3v) is 4.32. The number of rotatable bonds is 3. The quantitative estimate of drug-likeness (QED) is 0.907. The molecule has 2 fully saturated rings. The van der Waals surface area contributed by atoms with E-state index in [4.69, 9.17) is 5.11 Å². The van der Waals surface area contributed by atoms with Crippen molar-refractivity contribution in [1.29, 1.82) is 0 Å². The largest absolute Gasteiger partial charge is 0.478 e. The number of piperidine rings is 1. The van der Waals surface area contributed by atoms with E-state index in [9.17, 15) is 14.4 Å². The monoisotopic (exact) mass is 302 g/mol. The van der Waals surface area contributed by atoms with Gasteiger partial charge in [0.15, 0.2) is 0 Å². The zero-order chi connectivity index (χ0) is 15.7. The SMILES string of the molecule is O=C(O)c1ccc(CN2CC(=O)N3CCCCC3C2=O)cc1. The van der Waals surface area contributed by atoms with Gasteiger partial charge in [-0.05, 0) is 37.0 Å². The van der Waals surface area contributed by atoms with Crippen molar-refractivity contribution < 1.29 is 19.5 Å². The van der Waals surface area contributed by atoms with Crippen molar-refractivity contribution in [3.8, 4) is 0 Å². The summed E-state index contributed by atoms with van der Waals surface area (Å²) in [6.45, 7) is 1.13. The predicted octanol–water partition coefficient (Wildman–Crippen LogP) is 1.11. The average molecular weight is 302 g/mol. The number of hydrogen-bond acceptors (Lipinski definition) is 3. The Hall–Kier alpha value is -2.37. The van der Waals surface area contributed by atoms with E-state index >= 15 is 0 Å². The summed E-state index contributed by atoms with van der Waals surface area (Å²) in [5.74, 6) is -0.971. The van der Waals surface area contributed by atoms with Crippen LogP contribution in [0.1, 0.15) is 35.2 Å². The van der Waals surface area contributed by atoms with Gasteiger partial charge in [0.1, 0.15) is 12.6 Å². The molecule has 3 rings (SSSR count). The lowest BCUT2D eigenvalue weighted by atomic mass is 9.98.